The summed E-state index contributed by atoms with van der Waals surface area (Å²) >= 11 is 0. The molecule has 1 aromatic rings. The van der Waals surface area contributed by atoms with Gasteiger partial charge in [-0.1, -0.05) is 12.1 Å². The monoisotopic (exact) mass is 254 g/mol. The number of benzene rings is 1. The molecule has 1 aromatic carbocycles. The molecule has 0 unspecified atom stereocenters. The van der Waals surface area contributed by atoms with Gasteiger partial charge in [0.05, 0.1) is 5.75 Å². The Labute approximate surface area is 102 Å². The molecule has 5 heteroatoms. The van der Waals surface area contributed by atoms with Crippen LogP contribution in [0, 0.1) is 5.92 Å². The maximum Gasteiger partial charge on any atom is 0.211 e. The Morgan fingerprint density at radius 2 is 1.88 bits per heavy atom. The first kappa shape index (κ1) is 12.4. The van der Waals surface area contributed by atoms with Gasteiger partial charge >= 0.3 is 0 Å². The number of hydrogen-bond acceptors (Lipinski definition) is 3. The second kappa shape index (κ2) is 5.06. The van der Waals surface area contributed by atoms with E-state index in [-0.39, 0.29) is 5.75 Å². The van der Waals surface area contributed by atoms with E-state index in [9.17, 15) is 8.42 Å². The van der Waals surface area contributed by atoms with Crippen LogP contribution in [0.1, 0.15) is 18.4 Å². The Kier molecular flexibility index (Phi) is 3.69. The first-order valence-electron chi connectivity index (χ1n) is 5.87. The molecule has 2 rings (SSSR count). The number of hydrogen-bond donors (Lipinski definition) is 2. The molecule has 0 amide bonds. The highest BCUT2D eigenvalue weighted by atomic mass is 32.2. The predicted octanol–water partition coefficient (Wildman–Crippen LogP) is 1.14. The van der Waals surface area contributed by atoms with Crippen LogP contribution in [-0.2, 0) is 16.4 Å². The summed E-state index contributed by atoms with van der Waals surface area (Å²) in [6.45, 7) is 0.457. The average Bonchev–Trinajstić information content (AvgIpc) is 3.04. The summed E-state index contributed by atoms with van der Waals surface area (Å²) < 4.78 is 25.8. The van der Waals surface area contributed by atoms with Gasteiger partial charge in [0.25, 0.3) is 0 Å². The standard InChI is InChI=1S/C12H18N2O2S/c13-12-5-3-10(4-6-12)7-8-14-17(15,16)9-11-1-2-11/h3-6,11,14H,1-2,7-9,13H2. The zero-order chi connectivity index (χ0) is 12.3. The van der Waals surface area contributed by atoms with E-state index in [0.29, 0.717) is 18.9 Å². The number of nitrogens with one attached hydrogen (secondary N) is 1. The molecule has 0 heterocycles. The minimum Gasteiger partial charge on any atom is -0.399 e. The molecule has 17 heavy (non-hydrogen) atoms. The number of nitrogens with two attached hydrogens (primary N) is 1. The molecule has 1 aliphatic carbocycles. The summed E-state index contributed by atoms with van der Waals surface area (Å²) in [5.74, 6) is 0.679. The molecule has 1 fully saturated rings. The third kappa shape index (κ3) is 4.36. The quantitative estimate of drug-likeness (QED) is 0.748. The zero-order valence-electron chi connectivity index (χ0n) is 9.72. The van der Waals surface area contributed by atoms with E-state index in [0.717, 1.165) is 24.1 Å². The highest BCUT2D eigenvalue weighted by molar-refractivity contribution is 7.89. The molecule has 4 nitrogen and oxygen atoms in total. The molecule has 94 valence electrons. The third-order valence-electron chi connectivity index (χ3n) is 2.87. The SMILES string of the molecule is Nc1ccc(CCNS(=O)(=O)CC2CC2)cc1. The van der Waals surface area contributed by atoms with Crippen molar-refractivity contribution in [2.75, 3.05) is 18.0 Å². The van der Waals surface area contributed by atoms with Crippen molar-refractivity contribution in [3.63, 3.8) is 0 Å². The highest BCUT2D eigenvalue weighted by Crippen LogP contribution is 2.29. The van der Waals surface area contributed by atoms with Crippen LogP contribution < -0.4 is 10.5 Å². The molecule has 0 bridgehead atoms. The lowest BCUT2D eigenvalue weighted by atomic mass is 10.1. The Morgan fingerprint density at radius 1 is 1.24 bits per heavy atom. The van der Waals surface area contributed by atoms with E-state index < -0.39 is 10.0 Å². The number of rotatable bonds is 6. The van der Waals surface area contributed by atoms with Gasteiger partial charge in [-0.3, -0.25) is 0 Å². The van der Waals surface area contributed by atoms with Gasteiger partial charge in [-0.25, -0.2) is 13.1 Å². The summed E-state index contributed by atoms with van der Waals surface area (Å²) in [5, 5.41) is 0. The number of sulfonamides is 1. The topological polar surface area (TPSA) is 72.2 Å². The van der Waals surface area contributed by atoms with Gasteiger partial charge in [0.2, 0.25) is 10.0 Å². The molecule has 0 radical (unpaired) electrons. The van der Waals surface area contributed by atoms with Crippen LogP contribution in [0.4, 0.5) is 5.69 Å². The van der Waals surface area contributed by atoms with Gasteiger partial charge in [-0.15, -0.1) is 0 Å². The Bertz CT molecular complexity index is 464. The van der Waals surface area contributed by atoms with E-state index in [1.807, 2.05) is 24.3 Å². The summed E-state index contributed by atoms with van der Waals surface area (Å²) in [5.41, 5.74) is 7.39. The fourth-order valence-electron chi connectivity index (χ4n) is 1.69. The lowest BCUT2D eigenvalue weighted by Crippen LogP contribution is -2.29. The normalized spacial score (nSPS) is 16.0. The van der Waals surface area contributed by atoms with E-state index in [1.54, 1.807) is 0 Å². The Hall–Kier alpha value is -1.07. The minimum atomic E-state index is -3.07. The maximum absolute atomic E-state index is 11.6. The smallest absolute Gasteiger partial charge is 0.211 e. The Balaban J connectivity index is 1.76. The van der Waals surface area contributed by atoms with E-state index >= 15 is 0 Å². The van der Waals surface area contributed by atoms with Crippen molar-refractivity contribution in [2.45, 2.75) is 19.3 Å². The first-order chi connectivity index (χ1) is 8.05. The van der Waals surface area contributed by atoms with Crippen LogP contribution in [0.5, 0.6) is 0 Å². The fraction of sp³-hybridized carbons (Fsp3) is 0.500. The molecule has 0 aromatic heterocycles. The van der Waals surface area contributed by atoms with Crippen LogP contribution in [0.2, 0.25) is 0 Å². The Morgan fingerprint density at radius 3 is 2.47 bits per heavy atom. The van der Waals surface area contributed by atoms with Crippen molar-refractivity contribution in [3.8, 4) is 0 Å². The van der Waals surface area contributed by atoms with Crippen molar-refractivity contribution in [1.29, 1.82) is 0 Å². The lowest BCUT2D eigenvalue weighted by molar-refractivity contribution is 0.578. The largest absolute Gasteiger partial charge is 0.399 e. The van der Waals surface area contributed by atoms with Crippen molar-refractivity contribution in [2.24, 2.45) is 5.92 Å². The van der Waals surface area contributed by atoms with Crippen LogP contribution in [-0.4, -0.2) is 20.7 Å². The van der Waals surface area contributed by atoms with Crippen molar-refractivity contribution in [3.05, 3.63) is 29.8 Å². The lowest BCUT2D eigenvalue weighted by Gasteiger charge is -2.06. The summed E-state index contributed by atoms with van der Waals surface area (Å²) in [6.07, 6.45) is 2.81. The molecule has 1 saturated carbocycles. The van der Waals surface area contributed by atoms with Gasteiger partial charge in [-0.05, 0) is 42.9 Å². The molecular weight excluding hydrogens is 236 g/mol. The second-order valence-corrected chi connectivity index (χ2v) is 6.46. The molecule has 0 atom stereocenters. The molecule has 0 aliphatic heterocycles. The number of anilines is 1. The van der Waals surface area contributed by atoms with Crippen LogP contribution in [0.15, 0.2) is 24.3 Å². The van der Waals surface area contributed by atoms with Gasteiger partial charge in [-0.2, -0.15) is 0 Å². The maximum atomic E-state index is 11.6. The molecule has 1 aliphatic rings. The molecule has 3 N–H and O–H groups in total. The fourth-order valence-corrected chi connectivity index (χ4v) is 3.17. The van der Waals surface area contributed by atoms with Crippen LogP contribution >= 0.6 is 0 Å². The highest BCUT2D eigenvalue weighted by Gasteiger charge is 2.27. The summed E-state index contributed by atoms with van der Waals surface area (Å²) in [4.78, 5) is 0. The first-order valence-corrected chi connectivity index (χ1v) is 7.52. The van der Waals surface area contributed by atoms with Crippen LogP contribution in [0.3, 0.4) is 0 Å². The van der Waals surface area contributed by atoms with Gasteiger partial charge in [0.15, 0.2) is 0 Å². The molecule has 0 saturated heterocycles. The average molecular weight is 254 g/mol. The van der Waals surface area contributed by atoms with Crippen molar-refractivity contribution >= 4 is 15.7 Å². The van der Waals surface area contributed by atoms with E-state index in [1.165, 1.54) is 0 Å². The van der Waals surface area contributed by atoms with Crippen LogP contribution in [0.25, 0.3) is 0 Å². The second-order valence-electron chi connectivity index (χ2n) is 4.61. The van der Waals surface area contributed by atoms with Crippen molar-refractivity contribution < 1.29 is 8.42 Å². The predicted molar refractivity (Wildman–Crippen MR) is 69.1 cm³/mol. The summed E-state index contributed by atoms with van der Waals surface area (Å²) in [6, 6.07) is 7.50. The van der Waals surface area contributed by atoms with Gasteiger partial charge in [0, 0.05) is 12.2 Å². The number of nitrogen functional groups attached to an aromatic ring is 1. The zero-order valence-corrected chi connectivity index (χ0v) is 10.5. The van der Waals surface area contributed by atoms with Gasteiger partial charge < -0.3 is 5.73 Å². The van der Waals surface area contributed by atoms with E-state index in [2.05, 4.69) is 4.72 Å². The molecule has 0 spiro atoms. The third-order valence-corrected chi connectivity index (χ3v) is 4.42. The van der Waals surface area contributed by atoms with Crippen molar-refractivity contribution in [1.82, 2.24) is 4.72 Å². The van der Waals surface area contributed by atoms with E-state index in [4.69, 9.17) is 5.73 Å². The van der Waals surface area contributed by atoms with Gasteiger partial charge in [0.1, 0.15) is 0 Å². The summed E-state index contributed by atoms with van der Waals surface area (Å²) in [7, 11) is -3.07. The molecular formula is C12H18N2O2S. The minimum absolute atomic E-state index is 0.286.